The predicted molar refractivity (Wildman–Crippen MR) is 105 cm³/mol. The molecule has 142 valence electrons. The van der Waals surface area contributed by atoms with Gasteiger partial charge in [-0.25, -0.2) is 4.98 Å². The van der Waals surface area contributed by atoms with Crippen molar-refractivity contribution in [2.75, 3.05) is 26.4 Å². The fraction of sp³-hybridized carbons (Fsp3) is 0.412. The van der Waals surface area contributed by atoms with Crippen LogP contribution in [-0.4, -0.2) is 62.3 Å². The minimum atomic E-state index is -0.146. The van der Waals surface area contributed by atoms with Gasteiger partial charge in [0.2, 0.25) is 5.91 Å². The van der Waals surface area contributed by atoms with Gasteiger partial charge in [0.25, 0.3) is 0 Å². The van der Waals surface area contributed by atoms with E-state index < -0.39 is 0 Å². The molecule has 0 aliphatic carbocycles. The number of nitrogen functional groups attached to an aromatic ring is 1. The second-order valence-corrected chi connectivity index (χ2v) is 7.74. The molecule has 2 atom stereocenters. The van der Waals surface area contributed by atoms with Gasteiger partial charge in [-0.3, -0.25) is 9.89 Å². The standard InChI is InChI=1S/C17H21BrN8O/c1-25(2)17(27)12-4-3-9(5-20-12)14-13(18)15(19)26-16(24-14)11(8-23-26)10-6-21-22-7-10/h6-9,12,20H,3-5,19H2,1-2H3,(H,21,22)/t9-,12-/m0/s1. The number of aromatic nitrogens is 5. The van der Waals surface area contributed by atoms with E-state index in [4.69, 9.17) is 10.7 Å². The van der Waals surface area contributed by atoms with E-state index in [1.807, 2.05) is 0 Å². The SMILES string of the molecule is CN(C)C(=O)[C@@H]1CC[C@H](c2nc3c(-c4cn[nH]c4)cnn3c(N)c2Br)CN1. The zero-order valence-corrected chi connectivity index (χ0v) is 16.7. The van der Waals surface area contributed by atoms with Gasteiger partial charge >= 0.3 is 0 Å². The van der Waals surface area contributed by atoms with E-state index in [1.54, 1.807) is 42.1 Å². The number of H-pyrrole nitrogens is 1. The largest absolute Gasteiger partial charge is 0.383 e. The highest BCUT2D eigenvalue weighted by atomic mass is 79.9. The van der Waals surface area contributed by atoms with Gasteiger partial charge < -0.3 is 16.0 Å². The number of carbonyl (C=O) groups is 1. The fourth-order valence-electron chi connectivity index (χ4n) is 3.50. The quantitative estimate of drug-likeness (QED) is 0.575. The minimum Gasteiger partial charge on any atom is -0.383 e. The van der Waals surface area contributed by atoms with Gasteiger partial charge in [0.05, 0.1) is 28.6 Å². The number of hydrogen-bond donors (Lipinski definition) is 3. The second kappa shape index (κ2) is 6.93. The van der Waals surface area contributed by atoms with Crippen LogP contribution in [0.25, 0.3) is 16.8 Å². The molecule has 27 heavy (non-hydrogen) atoms. The average Bonchev–Trinajstić information content (AvgIpc) is 3.33. The van der Waals surface area contributed by atoms with Gasteiger partial charge in [0.15, 0.2) is 5.65 Å². The smallest absolute Gasteiger partial charge is 0.239 e. The molecular weight excluding hydrogens is 412 g/mol. The molecule has 3 aromatic heterocycles. The number of carbonyl (C=O) groups excluding carboxylic acids is 1. The Labute approximate surface area is 164 Å². The van der Waals surface area contributed by atoms with E-state index >= 15 is 0 Å². The molecule has 1 amide bonds. The molecule has 0 spiro atoms. The number of piperidine rings is 1. The van der Waals surface area contributed by atoms with Gasteiger partial charge in [-0.05, 0) is 28.8 Å². The number of nitrogens with one attached hydrogen (secondary N) is 2. The Hall–Kier alpha value is -2.46. The number of anilines is 1. The van der Waals surface area contributed by atoms with E-state index in [-0.39, 0.29) is 17.9 Å². The summed E-state index contributed by atoms with van der Waals surface area (Å²) in [6.45, 7) is 0.667. The molecule has 0 bridgehead atoms. The van der Waals surface area contributed by atoms with Crippen LogP contribution in [-0.2, 0) is 4.79 Å². The van der Waals surface area contributed by atoms with Crippen molar-refractivity contribution >= 4 is 33.3 Å². The Kier molecular flexibility index (Phi) is 4.60. The molecule has 0 unspecified atom stereocenters. The average molecular weight is 433 g/mol. The minimum absolute atomic E-state index is 0.105. The molecular formula is C17H21BrN8O. The lowest BCUT2D eigenvalue weighted by Crippen LogP contribution is -2.48. The first kappa shape index (κ1) is 17.9. The first-order valence-electron chi connectivity index (χ1n) is 8.73. The predicted octanol–water partition coefficient (Wildman–Crippen LogP) is 1.39. The summed E-state index contributed by atoms with van der Waals surface area (Å²) in [5.41, 5.74) is 9.67. The maximum Gasteiger partial charge on any atom is 0.239 e. The first-order valence-corrected chi connectivity index (χ1v) is 9.53. The van der Waals surface area contributed by atoms with E-state index in [2.05, 4.69) is 36.5 Å². The highest BCUT2D eigenvalue weighted by Gasteiger charge is 2.30. The summed E-state index contributed by atoms with van der Waals surface area (Å²) in [6.07, 6.45) is 6.89. The van der Waals surface area contributed by atoms with Crippen LogP contribution in [0.3, 0.4) is 0 Å². The monoisotopic (exact) mass is 432 g/mol. The van der Waals surface area contributed by atoms with Gasteiger partial charge in [0, 0.05) is 43.9 Å². The van der Waals surface area contributed by atoms with Crippen LogP contribution in [0.2, 0.25) is 0 Å². The van der Waals surface area contributed by atoms with Crippen LogP contribution >= 0.6 is 15.9 Å². The summed E-state index contributed by atoms with van der Waals surface area (Å²) in [4.78, 5) is 18.7. The zero-order valence-electron chi connectivity index (χ0n) is 15.1. The van der Waals surface area contributed by atoms with Crippen molar-refractivity contribution in [3.8, 4) is 11.1 Å². The number of nitrogens with two attached hydrogens (primary N) is 1. The molecule has 4 heterocycles. The van der Waals surface area contributed by atoms with Crippen molar-refractivity contribution in [1.29, 1.82) is 0 Å². The molecule has 9 nitrogen and oxygen atoms in total. The normalized spacial score (nSPS) is 20.1. The maximum absolute atomic E-state index is 12.2. The number of aromatic amines is 1. The van der Waals surface area contributed by atoms with Gasteiger partial charge in [-0.1, -0.05) is 0 Å². The van der Waals surface area contributed by atoms with E-state index in [9.17, 15) is 4.79 Å². The van der Waals surface area contributed by atoms with Gasteiger partial charge in [-0.15, -0.1) is 0 Å². The first-order chi connectivity index (χ1) is 13.0. The molecule has 0 radical (unpaired) electrons. The summed E-state index contributed by atoms with van der Waals surface area (Å²) >= 11 is 3.59. The summed E-state index contributed by atoms with van der Waals surface area (Å²) in [5, 5.41) is 14.5. The van der Waals surface area contributed by atoms with Gasteiger partial charge in [0.1, 0.15) is 5.82 Å². The van der Waals surface area contributed by atoms with Crippen molar-refractivity contribution in [3.63, 3.8) is 0 Å². The van der Waals surface area contributed by atoms with E-state index in [0.717, 1.165) is 34.1 Å². The Morgan fingerprint density at radius 3 is 2.81 bits per heavy atom. The molecule has 1 saturated heterocycles. The fourth-order valence-corrected chi connectivity index (χ4v) is 4.08. The molecule has 1 aliphatic heterocycles. The molecule has 1 fully saturated rings. The summed E-state index contributed by atoms with van der Waals surface area (Å²) in [7, 11) is 3.56. The topological polar surface area (TPSA) is 117 Å². The molecule has 3 aromatic rings. The van der Waals surface area contributed by atoms with Crippen LogP contribution in [0.15, 0.2) is 23.1 Å². The Morgan fingerprint density at radius 1 is 1.37 bits per heavy atom. The van der Waals surface area contributed by atoms with Crippen molar-refractivity contribution in [2.45, 2.75) is 24.8 Å². The second-order valence-electron chi connectivity index (χ2n) is 6.94. The van der Waals surface area contributed by atoms with E-state index in [0.29, 0.717) is 18.0 Å². The molecule has 4 rings (SSSR count). The molecule has 4 N–H and O–H groups in total. The summed E-state index contributed by atoms with van der Waals surface area (Å²) in [6, 6.07) is -0.146. The maximum atomic E-state index is 12.2. The highest BCUT2D eigenvalue weighted by Crippen LogP contribution is 2.35. The van der Waals surface area contributed by atoms with Crippen molar-refractivity contribution in [2.24, 2.45) is 0 Å². The molecule has 1 aliphatic rings. The van der Waals surface area contributed by atoms with Crippen LogP contribution in [0.4, 0.5) is 5.82 Å². The van der Waals surface area contributed by atoms with Crippen molar-refractivity contribution < 1.29 is 4.79 Å². The number of nitrogens with zero attached hydrogens (tertiary/aromatic N) is 5. The Bertz CT molecular complexity index is 973. The van der Waals surface area contributed by atoms with Crippen LogP contribution in [0.1, 0.15) is 24.5 Å². The van der Waals surface area contributed by atoms with Gasteiger partial charge in [-0.2, -0.15) is 14.7 Å². The third-order valence-corrected chi connectivity index (χ3v) is 5.81. The number of rotatable bonds is 3. The zero-order chi connectivity index (χ0) is 19.1. The lowest BCUT2D eigenvalue weighted by molar-refractivity contribution is -0.131. The molecule has 10 heteroatoms. The molecule has 0 aromatic carbocycles. The highest BCUT2D eigenvalue weighted by molar-refractivity contribution is 9.10. The Morgan fingerprint density at radius 2 is 2.19 bits per heavy atom. The van der Waals surface area contributed by atoms with E-state index in [1.165, 1.54) is 0 Å². The third kappa shape index (κ3) is 3.08. The third-order valence-electron chi connectivity index (χ3n) is 5.00. The summed E-state index contributed by atoms with van der Waals surface area (Å²) < 4.78 is 2.38. The Balaban J connectivity index is 1.67. The number of fused-ring (bicyclic) bond motifs is 1. The number of halogens is 1. The lowest BCUT2D eigenvalue weighted by Gasteiger charge is -2.31. The van der Waals surface area contributed by atoms with Crippen molar-refractivity contribution in [3.05, 3.63) is 28.8 Å². The lowest BCUT2D eigenvalue weighted by atomic mass is 9.91. The number of hydrogen-bond acceptors (Lipinski definition) is 6. The van der Waals surface area contributed by atoms with Crippen molar-refractivity contribution in [1.82, 2.24) is 35.0 Å². The van der Waals surface area contributed by atoms with Crippen LogP contribution in [0.5, 0.6) is 0 Å². The molecule has 0 saturated carbocycles. The van der Waals surface area contributed by atoms with Crippen LogP contribution < -0.4 is 11.1 Å². The van der Waals surface area contributed by atoms with Crippen LogP contribution in [0, 0.1) is 0 Å². The number of likely N-dealkylation sites (N-methyl/N-ethyl adjacent to an activating group) is 1. The summed E-state index contributed by atoms with van der Waals surface area (Å²) in [5.74, 6) is 0.773. The number of amides is 1.